The number of aromatic nitrogens is 2. The molecule has 5 heteroatoms. The molecular formula is C18H18N2O2S. The van der Waals surface area contributed by atoms with E-state index in [9.17, 15) is 0 Å². The van der Waals surface area contributed by atoms with Gasteiger partial charge < -0.3 is 9.15 Å². The molecule has 0 spiro atoms. The van der Waals surface area contributed by atoms with Gasteiger partial charge >= 0.3 is 0 Å². The summed E-state index contributed by atoms with van der Waals surface area (Å²) in [5, 5.41) is 8.77. The smallest absolute Gasteiger partial charge is 0.276 e. The largest absolute Gasteiger partial charge is 0.492 e. The molecular weight excluding hydrogens is 308 g/mol. The lowest BCUT2D eigenvalue weighted by Crippen LogP contribution is -2.01. The second-order valence-corrected chi connectivity index (χ2v) is 6.20. The lowest BCUT2D eigenvalue weighted by Gasteiger charge is -2.07. The Hall–Kier alpha value is -2.27. The van der Waals surface area contributed by atoms with Crippen molar-refractivity contribution in [2.75, 3.05) is 12.4 Å². The third-order valence-corrected chi connectivity index (χ3v) is 4.22. The van der Waals surface area contributed by atoms with Gasteiger partial charge in [0.25, 0.3) is 5.22 Å². The van der Waals surface area contributed by atoms with Crippen molar-refractivity contribution < 1.29 is 9.15 Å². The maximum atomic E-state index is 5.76. The van der Waals surface area contributed by atoms with Crippen molar-refractivity contribution in [2.45, 2.75) is 19.1 Å². The number of thioether (sulfide) groups is 1. The first-order chi connectivity index (χ1) is 11.2. The summed E-state index contributed by atoms with van der Waals surface area (Å²) in [5.74, 6) is 2.23. The molecule has 0 radical (unpaired) electrons. The van der Waals surface area contributed by atoms with Crippen molar-refractivity contribution >= 4 is 11.8 Å². The molecule has 0 saturated carbocycles. The average Bonchev–Trinajstić information content (AvgIpc) is 3.02. The molecule has 0 amide bonds. The zero-order valence-corrected chi connectivity index (χ0v) is 14.0. The van der Waals surface area contributed by atoms with Gasteiger partial charge in [0.2, 0.25) is 5.89 Å². The molecule has 0 aliphatic heterocycles. The topological polar surface area (TPSA) is 48.2 Å². The fourth-order valence-corrected chi connectivity index (χ4v) is 2.77. The summed E-state index contributed by atoms with van der Waals surface area (Å²) in [6.45, 7) is 4.66. The Kier molecular flexibility index (Phi) is 4.98. The molecule has 0 saturated heterocycles. The highest BCUT2D eigenvalue weighted by Crippen LogP contribution is 2.25. The summed E-state index contributed by atoms with van der Waals surface area (Å²) in [7, 11) is 0. The van der Waals surface area contributed by atoms with Crippen LogP contribution in [0.4, 0.5) is 0 Å². The van der Waals surface area contributed by atoms with Crippen LogP contribution >= 0.6 is 11.8 Å². The monoisotopic (exact) mass is 326 g/mol. The van der Waals surface area contributed by atoms with Gasteiger partial charge in [0.15, 0.2) is 0 Å². The fourth-order valence-electron chi connectivity index (χ4n) is 2.19. The summed E-state index contributed by atoms with van der Waals surface area (Å²) < 4.78 is 11.5. The van der Waals surface area contributed by atoms with Crippen LogP contribution in [0.15, 0.2) is 58.2 Å². The predicted molar refractivity (Wildman–Crippen MR) is 91.9 cm³/mol. The van der Waals surface area contributed by atoms with E-state index in [0.29, 0.717) is 17.7 Å². The number of benzene rings is 2. The number of hydrogen-bond donors (Lipinski definition) is 0. The second kappa shape index (κ2) is 7.33. The first-order valence-electron chi connectivity index (χ1n) is 7.45. The lowest BCUT2D eigenvalue weighted by atomic mass is 10.1. The van der Waals surface area contributed by atoms with Crippen LogP contribution in [-0.4, -0.2) is 22.6 Å². The highest BCUT2D eigenvalue weighted by atomic mass is 32.2. The first kappa shape index (κ1) is 15.6. The van der Waals surface area contributed by atoms with E-state index in [1.165, 1.54) is 11.8 Å². The molecule has 2 aromatic carbocycles. The molecule has 0 atom stereocenters. The molecule has 0 bridgehead atoms. The zero-order valence-electron chi connectivity index (χ0n) is 13.2. The van der Waals surface area contributed by atoms with Crippen molar-refractivity contribution in [3.05, 3.63) is 59.7 Å². The van der Waals surface area contributed by atoms with Crippen LogP contribution in [0.3, 0.4) is 0 Å². The number of rotatable bonds is 6. The number of aryl methyl sites for hydroxylation is 2. The van der Waals surface area contributed by atoms with Crippen LogP contribution in [0.1, 0.15) is 11.1 Å². The summed E-state index contributed by atoms with van der Waals surface area (Å²) >= 11 is 1.50. The van der Waals surface area contributed by atoms with Crippen LogP contribution in [0.5, 0.6) is 5.75 Å². The van der Waals surface area contributed by atoms with E-state index >= 15 is 0 Å². The molecule has 118 valence electrons. The van der Waals surface area contributed by atoms with Crippen molar-refractivity contribution in [3.63, 3.8) is 0 Å². The Morgan fingerprint density at radius 3 is 2.48 bits per heavy atom. The maximum Gasteiger partial charge on any atom is 0.276 e. The Morgan fingerprint density at radius 1 is 0.957 bits per heavy atom. The molecule has 0 aliphatic rings. The van der Waals surface area contributed by atoms with E-state index in [2.05, 4.69) is 10.2 Å². The van der Waals surface area contributed by atoms with Gasteiger partial charge in [-0.1, -0.05) is 48.2 Å². The molecule has 1 heterocycles. The molecule has 23 heavy (non-hydrogen) atoms. The Bertz CT molecular complexity index is 786. The van der Waals surface area contributed by atoms with Gasteiger partial charge in [0, 0.05) is 11.3 Å². The molecule has 0 N–H and O–H groups in total. The van der Waals surface area contributed by atoms with Crippen molar-refractivity contribution in [1.29, 1.82) is 0 Å². The van der Waals surface area contributed by atoms with Gasteiger partial charge in [-0.3, -0.25) is 0 Å². The van der Waals surface area contributed by atoms with Gasteiger partial charge in [-0.2, -0.15) is 0 Å². The number of nitrogens with zero attached hydrogens (tertiary/aromatic N) is 2. The number of ether oxygens (including phenoxy) is 1. The normalized spacial score (nSPS) is 10.7. The van der Waals surface area contributed by atoms with Crippen molar-refractivity contribution in [1.82, 2.24) is 10.2 Å². The second-order valence-electron chi connectivity index (χ2n) is 5.15. The van der Waals surface area contributed by atoms with E-state index in [-0.39, 0.29) is 0 Å². The summed E-state index contributed by atoms with van der Waals surface area (Å²) in [5.41, 5.74) is 3.23. The highest BCUT2D eigenvalue weighted by Gasteiger charge is 2.10. The van der Waals surface area contributed by atoms with Crippen LogP contribution in [0.25, 0.3) is 11.5 Å². The average molecular weight is 326 g/mol. The van der Waals surface area contributed by atoms with Gasteiger partial charge in [-0.05, 0) is 37.1 Å². The third-order valence-electron chi connectivity index (χ3n) is 3.44. The molecule has 1 aromatic heterocycles. The Balaban J connectivity index is 1.54. The quantitative estimate of drug-likeness (QED) is 0.492. The van der Waals surface area contributed by atoms with E-state index in [4.69, 9.17) is 9.15 Å². The van der Waals surface area contributed by atoms with Gasteiger partial charge in [0.05, 0.1) is 6.61 Å². The number of para-hydroxylation sites is 1. The molecule has 0 aliphatic carbocycles. The van der Waals surface area contributed by atoms with Crippen LogP contribution in [0.2, 0.25) is 0 Å². The van der Waals surface area contributed by atoms with E-state index < -0.39 is 0 Å². The van der Waals surface area contributed by atoms with Gasteiger partial charge in [-0.15, -0.1) is 10.2 Å². The minimum Gasteiger partial charge on any atom is -0.492 e. The molecule has 3 rings (SSSR count). The standard InChI is InChI=1S/C18H18N2O2S/c1-13-7-3-5-9-15(13)17-19-20-18(22-17)23-12-11-21-16-10-6-4-8-14(16)2/h3-10H,11-12H2,1-2H3. The summed E-state index contributed by atoms with van der Waals surface area (Å²) in [6, 6.07) is 16.0. The molecule has 0 unspecified atom stereocenters. The predicted octanol–water partition coefficient (Wildman–Crippen LogP) is 4.52. The third kappa shape index (κ3) is 3.93. The minimum atomic E-state index is 0.561. The lowest BCUT2D eigenvalue weighted by molar-refractivity contribution is 0.341. The summed E-state index contributed by atoms with van der Waals surface area (Å²) in [4.78, 5) is 0. The molecule has 3 aromatic rings. The van der Waals surface area contributed by atoms with E-state index in [1.54, 1.807) is 0 Å². The first-order valence-corrected chi connectivity index (χ1v) is 8.43. The Morgan fingerprint density at radius 2 is 1.70 bits per heavy atom. The van der Waals surface area contributed by atoms with E-state index in [0.717, 1.165) is 28.2 Å². The zero-order chi connectivity index (χ0) is 16.1. The van der Waals surface area contributed by atoms with Gasteiger partial charge in [0.1, 0.15) is 5.75 Å². The van der Waals surface area contributed by atoms with E-state index in [1.807, 2.05) is 62.4 Å². The Labute approximate surface area is 139 Å². The molecule has 0 fully saturated rings. The van der Waals surface area contributed by atoms with Crippen LogP contribution in [-0.2, 0) is 0 Å². The van der Waals surface area contributed by atoms with Crippen molar-refractivity contribution in [3.8, 4) is 17.2 Å². The summed E-state index contributed by atoms with van der Waals surface area (Å²) in [6.07, 6.45) is 0. The number of hydrogen-bond acceptors (Lipinski definition) is 5. The van der Waals surface area contributed by atoms with Crippen molar-refractivity contribution in [2.24, 2.45) is 0 Å². The molecule has 4 nitrogen and oxygen atoms in total. The SMILES string of the molecule is Cc1ccccc1OCCSc1nnc(-c2ccccc2C)o1. The maximum absolute atomic E-state index is 5.76. The fraction of sp³-hybridized carbons (Fsp3) is 0.222. The highest BCUT2D eigenvalue weighted by molar-refractivity contribution is 7.99. The van der Waals surface area contributed by atoms with Crippen LogP contribution < -0.4 is 4.74 Å². The minimum absolute atomic E-state index is 0.561. The van der Waals surface area contributed by atoms with Crippen LogP contribution in [0, 0.1) is 13.8 Å². The van der Waals surface area contributed by atoms with Gasteiger partial charge in [-0.25, -0.2) is 0 Å².